The lowest BCUT2D eigenvalue weighted by Gasteiger charge is -2.40. The molecule has 4 nitrogen and oxygen atoms in total. The van der Waals surface area contributed by atoms with Gasteiger partial charge in [-0.05, 0) is 66.8 Å². The first-order valence-corrected chi connectivity index (χ1v) is 13.2. The van der Waals surface area contributed by atoms with Crippen molar-refractivity contribution >= 4 is 5.91 Å². The van der Waals surface area contributed by atoms with Gasteiger partial charge in [-0.2, -0.15) is 13.2 Å². The highest BCUT2D eigenvalue weighted by atomic mass is 19.4. The summed E-state index contributed by atoms with van der Waals surface area (Å²) in [6, 6.07) is 22.9. The molecular weight excluding hydrogens is 489 g/mol. The van der Waals surface area contributed by atoms with E-state index in [0.717, 1.165) is 56.6 Å². The van der Waals surface area contributed by atoms with Crippen LogP contribution in [-0.2, 0) is 23.1 Å². The van der Waals surface area contributed by atoms with E-state index in [2.05, 4.69) is 29.2 Å². The van der Waals surface area contributed by atoms with Crippen molar-refractivity contribution in [2.75, 3.05) is 33.2 Å². The summed E-state index contributed by atoms with van der Waals surface area (Å²) in [4.78, 5) is 17.1. The number of nitrogens with zero attached hydrogens (tertiary/aromatic N) is 2. The summed E-state index contributed by atoms with van der Waals surface area (Å²) in [6.07, 6.45) is -1.80. The molecule has 2 aliphatic heterocycles. The smallest absolute Gasteiger partial charge is 0.365 e. The zero-order chi connectivity index (χ0) is 26.8. The van der Waals surface area contributed by atoms with Gasteiger partial charge in [0, 0.05) is 38.2 Å². The highest BCUT2D eigenvalue weighted by molar-refractivity contribution is 5.94. The number of halogens is 3. The number of rotatable bonds is 7. The van der Waals surface area contributed by atoms with Crippen LogP contribution in [0, 0.1) is 0 Å². The Morgan fingerprint density at radius 2 is 1.63 bits per heavy atom. The second-order valence-corrected chi connectivity index (χ2v) is 10.4. The van der Waals surface area contributed by atoms with E-state index in [0.29, 0.717) is 18.7 Å². The summed E-state index contributed by atoms with van der Waals surface area (Å²) in [5, 5.41) is 0. The summed E-state index contributed by atoms with van der Waals surface area (Å²) in [5.41, 5.74) is 3.12. The first kappa shape index (κ1) is 26.4. The molecular formula is C31H33F3N2O2. The first-order valence-electron chi connectivity index (χ1n) is 13.2. The molecule has 1 amide bonds. The predicted octanol–water partition coefficient (Wildman–Crippen LogP) is 6.47. The molecule has 3 aromatic rings. The minimum absolute atomic E-state index is 0.0886. The van der Waals surface area contributed by atoms with E-state index in [1.54, 1.807) is 36.2 Å². The summed E-state index contributed by atoms with van der Waals surface area (Å²) < 4.78 is 45.8. The van der Waals surface area contributed by atoms with E-state index in [9.17, 15) is 18.0 Å². The molecule has 0 radical (unpaired) electrons. The molecule has 0 aromatic heterocycles. The zero-order valence-corrected chi connectivity index (χ0v) is 21.6. The number of fused-ring (bicyclic) bond motifs is 2. The number of alkyl halides is 3. The fraction of sp³-hybridized carbons (Fsp3) is 0.387. The van der Waals surface area contributed by atoms with Crippen LogP contribution in [0.1, 0.15) is 57.8 Å². The molecule has 0 saturated carbocycles. The highest BCUT2D eigenvalue weighted by Crippen LogP contribution is 2.44. The Morgan fingerprint density at radius 3 is 2.32 bits per heavy atom. The number of benzene rings is 3. The lowest BCUT2D eigenvalue weighted by atomic mass is 9.83. The molecule has 2 aliphatic rings. The van der Waals surface area contributed by atoms with Crippen molar-refractivity contribution in [1.29, 1.82) is 0 Å². The largest absolute Gasteiger partial charge is 0.416 e. The molecule has 1 fully saturated rings. The van der Waals surface area contributed by atoms with Crippen LogP contribution < -0.4 is 0 Å². The normalized spacial score (nSPS) is 17.8. The van der Waals surface area contributed by atoms with Crippen LogP contribution in [0.2, 0.25) is 0 Å². The van der Waals surface area contributed by atoms with Crippen molar-refractivity contribution in [2.24, 2.45) is 0 Å². The van der Waals surface area contributed by atoms with E-state index < -0.39 is 11.7 Å². The number of likely N-dealkylation sites (N-methyl/N-ethyl adjacent to an activating group) is 1. The number of piperidine rings is 1. The third-order valence-corrected chi connectivity index (χ3v) is 8.04. The predicted molar refractivity (Wildman–Crippen MR) is 141 cm³/mol. The zero-order valence-electron chi connectivity index (χ0n) is 21.6. The van der Waals surface area contributed by atoms with Crippen molar-refractivity contribution in [3.63, 3.8) is 0 Å². The Labute approximate surface area is 222 Å². The van der Waals surface area contributed by atoms with E-state index in [-0.39, 0.29) is 17.4 Å². The standard InChI is InChI=1S/C31H33F3N2O2/c1-35(29(37)24-7-3-2-4-8-24)21-25(23-11-13-27(14-12-23)31(32,33)34)15-18-36-19-16-30(17-20-36)28-10-6-5-9-26(28)22-38-30/h2-14,25H,15-22H2,1H3. The van der Waals surface area contributed by atoms with Gasteiger partial charge in [-0.25, -0.2) is 0 Å². The van der Waals surface area contributed by atoms with Gasteiger partial charge in [0.2, 0.25) is 0 Å². The number of carbonyl (C=O) groups is 1. The van der Waals surface area contributed by atoms with Crippen LogP contribution in [-0.4, -0.2) is 48.9 Å². The van der Waals surface area contributed by atoms with E-state index in [1.165, 1.54) is 11.1 Å². The van der Waals surface area contributed by atoms with Gasteiger partial charge in [-0.15, -0.1) is 0 Å². The summed E-state index contributed by atoms with van der Waals surface area (Å²) in [6.45, 7) is 3.68. The summed E-state index contributed by atoms with van der Waals surface area (Å²) >= 11 is 0. The van der Waals surface area contributed by atoms with Gasteiger partial charge >= 0.3 is 6.18 Å². The number of hydrogen-bond acceptors (Lipinski definition) is 3. The van der Waals surface area contributed by atoms with Gasteiger partial charge in [0.05, 0.1) is 17.8 Å². The Kier molecular flexibility index (Phi) is 7.59. The second kappa shape index (κ2) is 10.9. The molecule has 1 unspecified atom stereocenters. The minimum atomic E-state index is -4.38. The maximum atomic E-state index is 13.2. The number of carbonyl (C=O) groups excluding carboxylic acids is 1. The van der Waals surface area contributed by atoms with Crippen molar-refractivity contribution in [3.8, 4) is 0 Å². The van der Waals surface area contributed by atoms with E-state index >= 15 is 0 Å². The van der Waals surface area contributed by atoms with Crippen LogP contribution in [0.3, 0.4) is 0 Å². The Bertz CT molecular complexity index is 1240. The average Bonchev–Trinajstić information content (AvgIpc) is 3.29. The lowest BCUT2D eigenvalue weighted by molar-refractivity contribution is -0.137. The van der Waals surface area contributed by atoms with Crippen molar-refractivity contribution in [1.82, 2.24) is 9.80 Å². The van der Waals surface area contributed by atoms with Crippen molar-refractivity contribution < 1.29 is 22.7 Å². The molecule has 5 rings (SSSR count). The average molecular weight is 523 g/mol. The molecule has 1 saturated heterocycles. The van der Waals surface area contributed by atoms with Gasteiger partial charge in [0.15, 0.2) is 0 Å². The molecule has 38 heavy (non-hydrogen) atoms. The SMILES string of the molecule is CN(CC(CCN1CCC2(CC1)OCc1ccccc12)c1ccc(C(F)(F)F)cc1)C(=O)c1ccccc1. The van der Waals surface area contributed by atoms with Crippen LogP contribution in [0.15, 0.2) is 78.9 Å². The number of hydrogen-bond donors (Lipinski definition) is 0. The third-order valence-electron chi connectivity index (χ3n) is 8.04. The molecule has 7 heteroatoms. The van der Waals surface area contributed by atoms with Gasteiger partial charge in [0.1, 0.15) is 0 Å². The lowest BCUT2D eigenvalue weighted by Crippen LogP contribution is -2.43. The molecule has 0 bridgehead atoms. The molecule has 0 N–H and O–H groups in total. The van der Waals surface area contributed by atoms with Crippen LogP contribution in [0.5, 0.6) is 0 Å². The fourth-order valence-corrected chi connectivity index (χ4v) is 5.80. The van der Waals surface area contributed by atoms with Crippen molar-refractivity contribution in [3.05, 3.63) is 107 Å². The molecule has 0 aliphatic carbocycles. The second-order valence-electron chi connectivity index (χ2n) is 10.4. The van der Waals surface area contributed by atoms with Crippen LogP contribution in [0.25, 0.3) is 0 Å². The monoisotopic (exact) mass is 522 g/mol. The van der Waals surface area contributed by atoms with Gasteiger partial charge in [-0.1, -0.05) is 54.6 Å². The van der Waals surface area contributed by atoms with E-state index in [1.807, 2.05) is 18.2 Å². The number of ether oxygens (including phenoxy) is 1. The van der Waals surface area contributed by atoms with Crippen LogP contribution >= 0.6 is 0 Å². The Balaban J connectivity index is 1.26. The summed E-state index contributed by atoms with van der Waals surface area (Å²) in [5.74, 6) is -0.186. The minimum Gasteiger partial charge on any atom is -0.365 e. The topological polar surface area (TPSA) is 32.8 Å². The number of amides is 1. The van der Waals surface area contributed by atoms with E-state index in [4.69, 9.17) is 4.74 Å². The number of likely N-dealkylation sites (tertiary alicyclic amines) is 1. The molecule has 1 atom stereocenters. The van der Waals surface area contributed by atoms with Gasteiger partial charge in [0.25, 0.3) is 5.91 Å². The molecule has 1 spiro atoms. The maximum Gasteiger partial charge on any atom is 0.416 e. The highest BCUT2D eigenvalue weighted by Gasteiger charge is 2.42. The van der Waals surface area contributed by atoms with Gasteiger partial charge in [-0.3, -0.25) is 4.79 Å². The van der Waals surface area contributed by atoms with Crippen LogP contribution in [0.4, 0.5) is 13.2 Å². The molecule has 200 valence electrons. The first-order chi connectivity index (χ1) is 18.2. The Hall–Kier alpha value is -3.16. The fourth-order valence-electron chi connectivity index (χ4n) is 5.80. The van der Waals surface area contributed by atoms with Gasteiger partial charge < -0.3 is 14.5 Å². The Morgan fingerprint density at radius 1 is 0.974 bits per heavy atom. The summed E-state index contributed by atoms with van der Waals surface area (Å²) in [7, 11) is 1.76. The molecule has 2 heterocycles. The van der Waals surface area contributed by atoms with Crippen molar-refractivity contribution in [2.45, 2.75) is 43.6 Å². The molecule has 3 aromatic carbocycles. The third kappa shape index (κ3) is 5.64. The quantitative estimate of drug-likeness (QED) is 0.356. The maximum absolute atomic E-state index is 13.2.